The Labute approximate surface area is 171 Å². The maximum Gasteiger partial charge on any atom is 0.192 e. The molecule has 0 aliphatic rings. The largest absolute Gasteiger partial charge is 0.412 e. The minimum absolute atomic E-state index is 0.182. The Hall–Kier alpha value is -1.97. The number of pyridine rings is 1. The van der Waals surface area contributed by atoms with Crippen LogP contribution in [0, 0.1) is 0 Å². The van der Waals surface area contributed by atoms with E-state index in [0.717, 1.165) is 17.0 Å². The van der Waals surface area contributed by atoms with Gasteiger partial charge in [-0.2, -0.15) is 0 Å². The minimum atomic E-state index is -1.86. The van der Waals surface area contributed by atoms with E-state index < -0.39 is 8.32 Å². The van der Waals surface area contributed by atoms with Crippen molar-refractivity contribution in [2.24, 2.45) is 0 Å². The van der Waals surface area contributed by atoms with Crippen LogP contribution >= 0.6 is 0 Å². The summed E-state index contributed by atoms with van der Waals surface area (Å²) in [7, 11) is -1.86. The number of benzene rings is 2. The molecule has 0 saturated heterocycles. The van der Waals surface area contributed by atoms with Crippen molar-refractivity contribution >= 4 is 19.1 Å². The number of aromatic nitrogens is 1. The average molecular weight is 392 g/mol. The number of fused-ring (bicyclic) bond motifs is 1. The molecule has 0 aliphatic carbocycles. The molecule has 2 nitrogen and oxygen atoms in total. The summed E-state index contributed by atoms with van der Waals surface area (Å²) in [5.74, 6) is 0.364. The molecule has 3 heteroatoms. The summed E-state index contributed by atoms with van der Waals surface area (Å²) in [6.07, 6.45) is 0. The second-order valence-corrected chi connectivity index (χ2v) is 14.2. The van der Waals surface area contributed by atoms with Crippen molar-refractivity contribution in [1.29, 1.82) is 0 Å². The van der Waals surface area contributed by atoms with Gasteiger partial charge in [-0.05, 0) is 29.4 Å². The lowest BCUT2D eigenvalue weighted by molar-refractivity contribution is 0.278. The topological polar surface area (TPSA) is 22.1 Å². The van der Waals surface area contributed by atoms with Crippen LogP contribution in [0.4, 0.5) is 0 Å². The zero-order chi connectivity index (χ0) is 20.5. The first-order chi connectivity index (χ1) is 13.1. The molecule has 0 bridgehead atoms. The molecule has 0 radical (unpaired) electrons. The van der Waals surface area contributed by atoms with Gasteiger partial charge >= 0.3 is 0 Å². The molecule has 0 unspecified atom stereocenters. The van der Waals surface area contributed by atoms with Gasteiger partial charge in [0.25, 0.3) is 0 Å². The third-order valence-corrected chi connectivity index (χ3v) is 10.5. The van der Waals surface area contributed by atoms with Crippen LogP contribution in [0.2, 0.25) is 18.1 Å². The molecular weight excluding hydrogens is 358 g/mol. The lowest BCUT2D eigenvalue weighted by Crippen LogP contribution is -2.40. The highest BCUT2D eigenvalue weighted by atomic mass is 28.4. The number of rotatable bonds is 5. The van der Waals surface area contributed by atoms with E-state index in [-0.39, 0.29) is 5.04 Å². The third-order valence-electron chi connectivity index (χ3n) is 6.02. The molecule has 0 atom stereocenters. The fraction of sp³-hybridized carbons (Fsp3) is 0.400. The summed E-state index contributed by atoms with van der Waals surface area (Å²) in [6, 6.07) is 19.2. The monoisotopic (exact) mass is 391 g/mol. The molecule has 1 heterocycles. The number of hydrogen-bond acceptors (Lipinski definition) is 2. The molecule has 0 saturated carbocycles. The number of nitrogens with zero attached hydrogens (tertiary/aromatic N) is 1. The van der Waals surface area contributed by atoms with Gasteiger partial charge in [0, 0.05) is 16.5 Å². The smallest absolute Gasteiger partial charge is 0.192 e. The normalized spacial score (nSPS) is 12.7. The van der Waals surface area contributed by atoms with Crippen LogP contribution in [0.5, 0.6) is 0 Å². The second kappa shape index (κ2) is 7.80. The summed E-state index contributed by atoms with van der Waals surface area (Å²) < 4.78 is 6.65. The molecular formula is C25H33NOSi. The summed E-state index contributed by atoms with van der Waals surface area (Å²) in [5.41, 5.74) is 4.58. The molecule has 0 fully saturated rings. The maximum absolute atomic E-state index is 6.65. The van der Waals surface area contributed by atoms with Crippen LogP contribution < -0.4 is 0 Å². The molecule has 28 heavy (non-hydrogen) atoms. The van der Waals surface area contributed by atoms with Crippen molar-refractivity contribution in [3.8, 4) is 11.3 Å². The van der Waals surface area contributed by atoms with E-state index in [1.165, 1.54) is 16.3 Å². The van der Waals surface area contributed by atoms with Gasteiger partial charge in [-0.15, -0.1) is 0 Å². The van der Waals surface area contributed by atoms with E-state index in [4.69, 9.17) is 9.41 Å². The Bertz CT molecular complexity index is 955. The second-order valence-electron chi connectivity index (χ2n) is 9.44. The molecule has 3 rings (SSSR count). The summed E-state index contributed by atoms with van der Waals surface area (Å²) >= 11 is 0. The van der Waals surface area contributed by atoms with E-state index >= 15 is 0 Å². The first-order valence-corrected chi connectivity index (χ1v) is 13.1. The van der Waals surface area contributed by atoms with Gasteiger partial charge in [0.1, 0.15) is 0 Å². The van der Waals surface area contributed by atoms with E-state index in [1.807, 2.05) is 0 Å². The Kier molecular flexibility index (Phi) is 5.78. The molecule has 0 spiro atoms. The van der Waals surface area contributed by atoms with Gasteiger partial charge in [-0.1, -0.05) is 89.2 Å². The maximum atomic E-state index is 6.65. The molecule has 0 N–H and O–H groups in total. The van der Waals surface area contributed by atoms with Crippen molar-refractivity contribution in [3.63, 3.8) is 0 Å². The van der Waals surface area contributed by atoms with E-state index in [9.17, 15) is 0 Å². The van der Waals surface area contributed by atoms with Crippen LogP contribution in [0.1, 0.15) is 51.8 Å². The average Bonchev–Trinajstić information content (AvgIpc) is 2.65. The molecule has 2 aromatic carbocycles. The van der Waals surface area contributed by atoms with Crippen LogP contribution in [-0.4, -0.2) is 13.3 Å². The predicted octanol–water partition coefficient (Wildman–Crippen LogP) is 7.55. The summed E-state index contributed by atoms with van der Waals surface area (Å²) in [4.78, 5) is 5.17. The number of hydrogen-bond donors (Lipinski definition) is 0. The van der Waals surface area contributed by atoms with Gasteiger partial charge in [0.2, 0.25) is 0 Å². The van der Waals surface area contributed by atoms with E-state index in [2.05, 4.69) is 102 Å². The SMILES string of the molecule is CC(C)c1nc(-c2ccccc2)c(CO[Si](C)(C)C(C)(C)C)c2ccccc12. The molecule has 3 aromatic rings. The predicted molar refractivity (Wildman–Crippen MR) is 123 cm³/mol. The highest BCUT2D eigenvalue weighted by Crippen LogP contribution is 2.39. The van der Waals surface area contributed by atoms with Crippen LogP contribution in [0.3, 0.4) is 0 Å². The Morgan fingerprint density at radius 2 is 1.46 bits per heavy atom. The molecule has 0 aliphatic heterocycles. The van der Waals surface area contributed by atoms with Crippen LogP contribution in [0.25, 0.3) is 22.0 Å². The minimum Gasteiger partial charge on any atom is -0.412 e. The van der Waals surface area contributed by atoms with Gasteiger partial charge < -0.3 is 4.43 Å². The van der Waals surface area contributed by atoms with E-state index in [1.54, 1.807) is 0 Å². The lowest BCUT2D eigenvalue weighted by Gasteiger charge is -2.36. The first-order valence-electron chi connectivity index (χ1n) is 10.2. The quantitative estimate of drug-likeness (QED) is 0.419. The Morgan fingerprint density at radius 1 is 0.893 bits per heavy atom. The van der Waals surface area contributed by atoms with Crippen LogP contribution in [0.15, 0.2) is 54.6 Å². The Balaban J connectivity index is 2.20. The summed E-state index contributed by atoms with van der Waals surface area (Å²) in [6.45, 7) is 16.5. The zero-order valence-electron chi connectivity index (χ0n) is 18.3. The Morgan fingerprint density at radius 3 is 2.04 bits per heavy atom. The fourth-order valence-electron chi connectivity index (χ4n) is 3.24. The lowest BCUT2D eigenvalue weighted by atomic mass is 9.95. The van der Waals surface area contributed by atoms with Gasteiger partial charge in [0.05, 0.1) is 18.0 Å². The van der Waals surface area contributed by atoms with Crippen molar-refractivity contribution in [2.45, 2.75) is 65.3 Å². The molecule has 1 aromatic heterocycles. The highest BCUT2D eigenvalue weighted by molar-refractivity contribution is 6.74. The van der Waals surface area contributed by atoms with Gasteiger partial charge in [-0.3, -0.25) is 4.98 Å². The fourth-order valence-corrected chi connectivity index (χ4v) is 4.17. The van der Waals surface area contributed by atoms with Crippen LogP contribution in [-0.2, 0) is 11.0 Å². The van der Waals surface area contributed by atoms with Gasteiger partial charge in [-0.25, -0.2) is 0 Å². The molecule has 0 amide bonds. The van der Waals surface area contributed by atoms with E-state index in [0.29, 0.717) is 12.5 Å². The summed E-state index contributed by atoms with van der Waals surface area (Å²) in [5, 5.41) is 2.69. The van der Waals surface area contributed by atoms with Crippen molar-refractivity contribution in [2.75, 3.05) is 0 Å². The first kappa shape index (κ1) is 20.8. The van der Waals surface area contributed by atoms with Crippen molar-refractivity contribution in [1.82, 2.24) is 4.98 Å². The zero-order valence-corrected chi connectivity index (χ0v) is 19.3. The standard InChI is InChI=1S/C25H33NOSi/c1-18(2)23-21-16-12-11-15-20(21)22(17-27-28(6,7)25(3,4)5)24(26-23)19-13-9-8-10-14-19/h8-16,18H,17H2,1-7H3. The van der Waals surface area contributed by atoms with Crippen molar-refractivity contribution in [3.05, 3.63) is 65.9 Å². The van der Waals surface area contributed by atoms with Crippen molar-refractivity contribution < 1.29 is 4.43 Å². The molecule has 148 valence electrons. The third kappa shape index (κ3) is 4.06. The van der Waals surface area contributed by atoms with Gasteiger partial charge in [0.15, 0.2) is 8.32 Å². The highest BCUT2D eigenvalue weighted by Gasteiger charge is 2.37.